The van der Waals surface area contributed by atoms with Crippen LogP contribution in [0.5, 0.6) is 11.5 Å². The SMILES string of the molecule is O=C(Nc1ccccc1Cc1nc(-c2ccncc2)no1)c1ccc2c(c1)OCO2. The summed E-state index contributed by atoms with van der Waals surface area (Å²) in [6.07, 6.45) is 3.73. The molecule has 0 spiro atoms. The topological polar surface area (TPSA) is 99.4 Å². The van der Waals surface area contributed by atoms with E-state index in [0.717, 1.165) is 11.1 Å². The van der Waals surface area contributed by atoms with Crippen LogP contribution in [0.15, 0.2) is 71.5 Å². The van der Waals surface area contributed by atoms with Crippen molar-refractivity contribution in [3.8, 4) is 22.9 Å². The summed E-state index contributed by atoms with van der Waals surface area (Å²) in [7, 11) is 0. The van der Waals surface area contributed by atoms with Crippen LogP contribution < -0.4 is 14.8 Å². The van der Waals surface area contributed by atoms with Crippen molar-refractivity contribution in [1.29, 1.82) is 0 Å². The van der Waals surface area contributed by atoms with E-state index in [-0.39, 0.29) is 12.7 Å². The van der Waals surface area contributed by atoms with Gasteiger partial charge in [0, 0.05) is 29.2 Å². The predicted octanol–water partition coefficient (Wildman–Crippen LogP) is 3.70. The first-order chi connectivity index (χ1) is 14.8. The van der Waals surface area contributed by atoms with Crippen molar-refractivity contribution in [3.05, 3.63) is 84.0 Å². The molecule has 0 unspecified atom stereocenters. The summed E-state index contributed by atoms with van der Waals surface area (Å²) in [6.45, 7) is 0.162. The summed E-state index contributed by atoms with van der Waals surface area (Å²) in [5, 5.41) is 6.97. The Bertz CT molecular complexity index is 1210. The molecule has 0 radical (unpaired) electrons. The van der Waals surface area contributed by atoms with E-state index in [1.54, 1.807) is 30.6 Å². The Balaban J connectivity index is 1.35. The second-order valence-electron chi connectivity index (χ2n) is 6.60. The number of ether oxygens (including phenoxy) is 2. The number of amides is 1. The largest absolute Gasteiger partial charge is 0.454 e. The summed E-state index contributed by atoms with van der Waals surface area (Å²) in [4.78, 5) is 21.2. The molecular weight excluding hydrogens is 384 g/mol. The number of para-hydroxylation sites is 1. The molecule has 2 aromatic heterocycles. The molecule has 0 saturated heterocycles. The fraction of sp³-hybridized carbons (Fsp3) is 0.0909. The fourth-order valence-electron chi connectivity index (χ4n) is 3.14. The Labute approximate surface area is 171 Å². The van der Waals surface area contributed by atoms with Gasteiger partial charge in [-0.3, -0.25) is 9.78 Å². The Morgan fingerprint density at radius 1 is 1.00 bits per heavy atom. The zero-order chi connectivity index (χ0) is 20.3. The van der Waals surface area contributed by atoms with Gasteiger partial charge in [0.15, 0.2) is 11.5 Å². The second kappa shape index (κ2) is 7.67. The molecule has 0 saturated carbocycles. The van der Waals surface area contributed by atoms with E-state index >= 15 is 0 Å². The third-order valence-corrected chi connectivity index (χ3v) is 4.65. The number of hydrogen-bond donors (Lipinski definition) is 1. The van der Waals surface area contributed by atoms with Gasteiger partial charge in [0.25, 0.3) is 5.91 Å². The van der Waals surface area contributed by atoms with Crippen LogP contribution in [-0.4, -0.2) is 27.8 Å². The van der Waals surface area contributed by atoms with E-state index in [9.17, 15) is 4.79 Å². The molecule has 0 atom stereocenters. The van der Waals surface area contributed by atoms with Gasteiger partial charge in [0.1, 0.15) is 0 Å². The Hall–Kier alpha value is -4.20. The van der Waals surface area contributed by atoms with E-state index in [1.807, 2.05) is 36.4 Å². The molecule has 2 aromatic carbocycles. The van der Waals surface area contributed by atoms with Crippen LogP contribution in [0, 0.1) is 0 Å². The lowest BCUT2D eigenvalue weighted by atomic mass is 10.1. The Morgan fingerprint density at radius 3 is 2.73 bits per heavy atom. The summed E-state index contributed by atoms with van der Waals surface area (Å²) in [5.41, 5.74) is 2.83. The van der Waals surface area contributed by atoms with Gasteiger partial charge in [0.2, 0.25) is 18.5 Å². The third kappa shape index (κ3) is 3.58. The van der Waals surface area contributed by atoms with Crippen molar-refractivity contribution in [2.24, 2.45) is 0 Å². The summed E-state index contributed by atoms with van der Waals surface area (Å²) >= 11 is 0. The maximum atomic E-state index is 12.7. The molecule has 0 bridgehead atoms. The molecule has 148 valence electrons. The molecule has 5 rings (SSSR count). The van der Waals surface area contributed by atoms with Crippen molar-refractivity contribution in [1.82, 2.24) is 15.1 Å². The lowest BCUT2D eigenvalue weighted by molar-refractivity contribution is 0.102. The highest BCUT2D eigenvalue weighted by molar-refractivity contribution is 6.05. The minimum Gasteiger partial charge on any atom is -0.454 e. The number of rotatable bonds is 5. The Kier molecular flexibility index (Phi) is 4.57. The molecular formula is C22H16N4O4. The summed E-state index contributed by atoms with van der Waals surface area (Å²) < 4.78 is 16.0. The van der Waals surface area contributed by atoms with Crippen LogP contribution in [0.3, 0.4) is 0 Å². The van der Waals surface area contributed by atoms with E-state index < -0.39 is 0 Å². The maximum Gasteiger partial charge on any atom is 0.255 e. The first-order valence-corrected chi connectivity index (χ1v) is 9.28. The molecule has 8 nitrogen and oxygen atoms in total. The highest BCUT2D eigenvalue weighted by atomic mass is 16.7. The number of nitrogens with zero attached hydrogens (tertiary/aromatic N) is 3. The Morgan fingerprint density at radius 2 is 1.83 bits per heavy atom. The maximum absolute atomic E-state index is 12.7. The van der Waals surface area contributed by atoms with Gasteiger partial charge in [-0.2, -0.15) is 4.98 Å². The van der Waals surface area contributed by atoms with Crippen molar-refractivity contribution in [3.63, 3.8) is 0 Å². The molecule has 4 aromatic rings. The van der Waals surface area contributed by atoms with Crippen molar-refractivity contribution in [2.45, 2.75) is 6.42 Å². The second-order valence-corrected chi connectivity index (χ2v) is 6.60. The number of hydrogen-bond acceptors (Lipinski definition) is 7. The van der Waals surface area contributed by atoms with Crippen molar-refractivity contribution in [2.75, 3.05) is 12.1 Å². The number of anilines is 1. The molecule has 1 aliphatic heterocycles. The third-order valence-electron chi connectivity index (χ3n) is 4.65. The van der Waals surface area contributed by atoms with Crippen LogP contribution in [0.25, 0.3) is 11.4 Å². The van der Waals surface area contributed by atoms with Gasteiger partial charge < -0.3 is 19.3 Å². The van der Waals surface area contributed by atoms with Crippen LogP contribution in [0.4, 0.5) is 5.69 Å². The van der Waals surface area contributed by atoms with Crippen molar-refractivity contribution < 1.29 is 18.8 Å². The van der Waals surface area contributed by atoms with Gasteiger partial charge in [-0.05, 0) is 42.0 Å². The van der Waals surface area contributed by atoms with Gasteiger partial charge in [-0.1, -0.05) is 23.4 Å². The summed E-state index contributed by atoms with van der Waals surface area (Å²) in [6, 6.07) is 16.2. The zero-order valence-electron chi connectivity index (χ0n) is 15.7. The molecule has 0 fully saturated rings. The molecule has 0 aliphatic carbocycles. The number of pyridine rings is 1. The fourth-order valence-corrected chi connectivity index (χ4v) is 3.14. The van der Waals surface area contributed by atoms with Crippen LogP contribution in [0.2, 0.25) is 0 Å². The first kappa shape index (κ1) is 17.9. The first-order valence-electron chi connectivity index (χ1n) is 9.28. The number of benzene rings is 2. The number of fused-ring (bicyclic) bond motifs is 1. The standard InChI is InChI=1S/C22H16N4O4/c27-22(16-5-6-18-19(11-16)29-13-28-18)24-17-4-2-1-3-15(17)12-20-25-21(26-30-20)14-7-9-23-10-8-14/h1-11H,12-13H2,(H,24,27). The minimum absolute atomic E-state index is 0.162. The molecule has 1 N–H and O–H groups in total. The van der Waals surface area contributed by atoms with Crippen LogP contribution >= 0.6 is 0 Å². The normalized spacial score (nSPS) is 12.0. The van der Waals surface area contributed by atoms with Crippen LogP contribution in [0.1, 0.15) is 21.8 Å². The van der Waals surface area contributed by atoms with E-state index in [1.165, 1.54) is 0 Å². The summed E-state index contributed by atoms with van der Waals surface area (Å²) in [5.74, 6) is 1.89. The highest BCUT2D eigenvalue weighted by Gasteiger charge is 2.17. The predicted molar refractivity (Wildman–Crippen MR) is 107 cm³/mol. The van der Waals surface area contributed by atoms with Gasteiger partial charge in [0.05, 0.1) is 6.42 Å². The van der Waals surface area contributed by atoms with E-state index in [0.29, 0.717) is 40.9 Å². The average Bonchev–Trinajstić information content (AvgIpc) is 3.44. The molecule has 1 aliphatic rings. The average molecular weight is 400 g/mol. The van der Waals surface area contributed by atoms with Crippen molar-refractivity contribution >= 4 is 11.6 Å². The number of carbonyl (C=O) groups excluding carboxylic acids is 1. The molecule has 30 heavy (non-hydrogen) atoms. The van der Waals surface area contributed by atoms with Gasteiger partial charge >= 0.3 is 0 Å². The number of nitrogens with one attached hydrogen (secondary N) is 1. The van der Waals surface area contributed by atoms with E-state index in [4.69, 9.17) is 14.0 Å². The lowest BCUT2D eigenvalue weighted by Gasteiger charge is -2.10. The lowest BCUT2D eigenvalue weighted by Crippen LogP contribution is -2.13. The monoisotopic (exact) mass is 400 g/mol. The minimum atomic E-state index is -0.247. The zero-order valence-corrected chi connectivity index (χ0v) is 15.7. The molecule has 8 heteroatoms. The smallest absolute Gasteiger partial charge is 0.255 e. The molecule has 3 heterocycles. The van der Waals surface area contributed by atoms with Gasteiger partial charge in [-0.15, -0.1) is 0 Å². The van der Waals surface area contributed by atoms with Crippen LogP contribution in [-0.2, 0) is 6.42 Å². The molecule has 1 amide bonds. The van der Waals surface area contributed by atoms with Gasteiger partial charge in [-0.25, -0.2) is 0 Å². The quantitative estimate of drug-likeness (QED) is 0.545. The van der Waals surface area contributed by atoms with E-state index in [2.05, 4.69) is 20.4 Å². The number of aromatic nitrogens is 3. The highest BCUT2D eigenvalue weighted by Crippen LogP contribution is 2.32. The number of carbonyl (C=O) groups is 1.